The molecular formula is C37H73O8P. The molecule has 1 atom stereocenters. The highest BCUT2D eigenvalue weighted by Crippen LogP contribution is 2.36. The Labute approximate surface area is 283 Å². The third-order valence-electron chi connectivity index (χ3n) is 8.55. The summed E-state index contributed by atoms with van der Waals surface area (Å²) in [7, 11) is -4.74. The van der Waals surface area contributed by atoms with Gasteiger partial charge in [0.1, 0.15) is 6.61 Å². The van der Waals surface area contributed by atoms with Crippen molar-refractivity contribution in [3.8, 4) is 0 Å². The minimum atomic E-state index is -4.74. The Balaban J connectivity index is 3.86. The average Bonchev–Trinajstić information content (AvgIpc) is 3.00. The molecular weight excluding hydrogens is 603 g/mol. The van der Waals surface area contributed by atoms with E-state index in [9.17, 15) is 14.2 Å². The van der Waals surface area contributed by atoms with Gasteiger partial charge in [-0.1, -0.05) is 175 Å². The maximum Gasteiger partial charge on any atom is 0.469 e. The summed E-state index contributed by atoms with van der Waals surface area (Å²) in [5, 5.41) is 0. The Morgan fingerprint density at radius 2 is 0.913 bits per heavy atom. The first-order valence-corrected chi connectivity index (χ1v) is 20.7. The molecule has 0 amide bonds. The van der Waals surface area contributed by atoms with Crippen LogP contribution in [0.3, 0.4) is 0 Å². The Bertz CT molecular complexity index is 739. The third kappa shape index (κ3) is 35.9. The summed E-state index contributed by atoms with van der Waals surface area (Å²) >= 11 is 0. The Kier molecular flexibility index (Phi) is 31.9. The van der Waals surface area contributed by atoms with E-state index in [1.807, 2.05) is 0 Å². The summed E-state index contributed by atoms with van der Waals surface area (Å²) in [4.78, 5) is 42.6. The minimum Gasteiger partial charge on any atom is -0.462 e. The molecule has 0 aromatic carbocycles. The van der Waals surface area contributed by atoms with E-state index in [1.54, 1.807) is 0 Å². The Hall–Kier alpha value is -0.950. The summed E-state index contributed by atoms with van der Waals surface area (Å²) in [6.07, 6.45) is 31.2. The van der Waals surface area contributed by atoms with Gasteiger partial charge in [0.05, 0.1) is 6.61 Å². The van der Waals surface area contributed by atoms with Crippen LogP contribution in [-0.4, -0.2) is 41.0 Å². The van der Waals surface area contributed by atoms with E-state index in [-0.39, 0.29) is 19.4 Å². The van der Waals surface area contributed by atoms with Crippen LogP contribution in [0.15, 0.2) is 0 Å². The summed E-state index contributed by atoms with van der Waals surface area (Å²) in [5.74, 6) is -0.0359. The zero-order chi connectivity index (χ0) is 34.1. The van der Waals surface area contributed by atoms with Crippen molar-refractivity contribution in [3.63, 3.8) is 0 Å². The third-order valence-corrected chi connectivity index (χ3v) is 9.04. The molecule has 0 unspecified atom stereocenters. The lowest BCUT2D eigenvalue weighted by Crippen LogP contribution is -2.29. The molecule has 0 aliphatic heterocycles. The average molecular weight is 677 g/mol. The van der Waals surface area contributed by atoms with E-state index in [4.69, 9.17) is 19.3 Å². The maximum atomic E-state index is 12.3. The van der Waals surface area contributed by atoms with E-state index >= 15 is 0 Å². The molecule has 274 valence electrons. The van der Waals surface area contributed by atoms with Crippen LogP contribution in [0, 0.1) is 5.92 Å². The van der Waals surface area contributed by atoms with E-state index in [0.29, 0.717) is 6.42 Å². The van der Waals surface area contributed by atoms with Crippen LogP contribution in [0.2, 0.25) is 0 Å². The number of hydrogen-bond acceptors (Lipinski definition) is 6. The standard InChI is InChI=1S/C37H73O8P/c1-4-5-6-7-8-9-18-22-25-28-31-37(39)45-35(33-44-46(40,41)42)32-43-36(38)30-27-24-21-19-16-14-12-10-11-13-15-17-20-23-26-29-34(2)3/h34-35H,4-33H2,1-3H3,(H2,40,41,42)/t35-/m1/s1. The predicted molar refractivity (Wildman–Crippen MR) is 189 cm³/mol. The van der Waals surface area contributed by atoms with Gasteiger partial charge in [-0.05, 0) is 18.8 Å². The van der Waals surface area contributed by atoms with Crippen molar-refractivity contribution >= 4 is 19.8 Å². The van der Waals surface area contributed by atoms with Gasteiger partial charge in [0.25, 0.3) is 0 Å². The van der Waals surface area contributed by atoms with Crippen LogP contribution in [0.25, 0.3) is 0 Å². The summed E-state index contributed by atoms with van der Waals surface area (Å²) < 4.78 is 26.3. The zero-order valence-electron chi connectivity index (χ0n) is 30.2. The van der Waals surface area contributed by atoms with E-state index in [0.717, 1.165) is 44.4 Å². The second-order valence-corrected chi connectivity index (χ2v) is 15.0. The monoisotopic (exact) mass is 677 g/mol. The van der Waals surface area contributed by atoms with Gasteiger partial charge < -0.3 is 19.3 Å². The molecule has 0 aromatic rings. The van der Waals surface area contributed by atoms with Gasteiger partial charge in [-0.2, -0.15) is 0 Å². The van der Waals surface area contributed by atoms with Crippen LogP contribution in [0.1, 0.15) is 201 Å². The highest BCUT2D eigenvalue weighted by molar-refractivity contribution is 7.46. The fourth-order valence-corrected chi connectivity index (χ4v) is 6.04. The molecule has 46 heavy (non-hydrogen) atoms. The fourth-order valence-electron chi connectivity index (χ4n) is 5.68. The van der Waals surface area contributed by atoms with E-state index in [1.165, 1.54) is 122 Å². The van der Waals surface area contributed by atoms with Gasteiger partial charge >= 0.3 is 19.8 Å². The number of esters is 2. The summed E-state index contributed by atoms with van der Waals surface area (Å²) in [6.45, 7) is 6.02. The predicted octanol–water partition coefficient (Wildman–Crippen LogP) is 11.1. The Morgan fingerprint density at radius 3 is 1.30 bits per heavy atom. The smallest absolute Gasteiger partial charge is 0.462 e. The topological polar surface area (TPSA) is 119 Å². The highest BCUT2D eigenvalue weighted by Gasteiger charge is 2.22. The second-order valence-electron chi connectivity index (χ2n) is 13.7. The largest absolute Gasteiger partial charge is 0.469 e. The number of phosphoric acid groups is 1. The molecule has 0 rings (SSSR count). The van der Waals surface area contributed by atoms with Gasteiger partial charge in [-0.3, -0.25) is 14.1 Å². The summed E-state index contributed by atoms with van der Waals surface area (Å²) in [5.41, 5.74) is 0. The molecule has 0 aliphatic rings. The SMILES string of the molecule is CCCCCCCCCCCCC(=O)O[C@H](COC(=O)CCCCCCCCCCCCCCCCCC(C)C)COP(=O)(O)O. The Morgan fingerprint density at radius 1 is 0.543 bits per heavy atom. The molecule has 0 spiro atoms. The van der Waals surface area contributed by atoms with E-state index < -0.39 is 32.5 Å². The number of rotatable bonds is 35. The lowest BCUT2D eigenvalue weighted by atomic mass is 10.0. The normalized spacial score (nSPS) is 12.5. The molecule has 0 heterocycles. The van der Waals surface area contributed by atoms with Crippen molar-refractivity contribution in [1.82, 2.24) is 0 Å². The van der Waals surface area contributed by atoms with Crippen molar-refractivity contribution in [1.29, 1.82) is 0 Å². The molecule has 0 radical (unpaired) electrons. The van der Waals surface area contributed by atoms with Crippen LogP contribution in [0.5, 0.6) is 0 Å². The first-order chi connectivity index (χ1) is 22.1. The van der Waals surface area contributed by atoms with Gasteiger partial charge in [-0.25, -0.2) is 4.57 Å². The number of carbonyl (C=O) groups is 2. The van der Waals surface area contributed by atoms with Crippen LogP contribution >= 0.6 is 7.82 Å². The number of unbranched alkanes of at least 4 members (excludes halogenated alkanes) is 23. The van der Waals surface area contributed by atoms with Crippen molar-refractivity contribution < 1.29 is 37.9 Å². The fraction of sp³-hybridized carbons (Fsp3) is 0.946. The van der Waals surface area contributed by atoms with Gasteiger partial charge in [0, 0.05) is 12.8 Å². The molecule has 0 saturated carbocycles. The molecule has 9 heteroatoms. The molecule has 0 aliphatic carbocycles. The molecule has 0 bridgehead atoms. The van der Waals surface area contributed by atoms with E-state index in [2.05, 4.69) is 25.3 Å². The first kappa shape index (κ1) is 45.0. The van der Waals surface area contributed by atoms with Crippen molar-refractivity contribution in [2.75, 3.05) is 13.2 Å². The van der Waals surface area contributed by atoms with Crippen LogP contribution in [-0.2, 0) is 28.2 Å². The van der Waals surface area contributed by atoms with Crippen LogP contribution < -0.4 is 0 Å². The molecule has 0 aromatic heterocycles. The molecule has 0 fully saturated rings. The van der Waals surface area contributed by atoms with Crippen molar-refractivity contribution in [2.45, 2.75) is 207 Å². The summed E-state index contributed by atoms with van der Waals surface area (Å²) in [6, 6.07) is 0. The zero-order valence-corrected chi connectivity index (χ0v) is 31.1. The van der Waals surface area contributed by atoms with Crippen molar-refractivity contribution in [3.05, 3.63) is 0 Å². The molecule has 0 saturated heterocycles. The molecule has 2 N–H and O–H groups in total. The number of carbonyl (C=O) groups excluding carboxylic acids is 2. The molecule has 8 nitrogen and oxygen atoms in total. The number of ether oxygens (including phenoxy) is 2. The van der Waals surface area contributed by atoms with Gasteiger partial charge in [-0.15, -0.1) is 0 Å². The highest BCUT2D eigenvalue weighted by atomic mass is 31.2. The van der Waals surface area contributed by atoms with Gasteiger partial charge in [0.2, 0.25) is 0 Å². The second kappa shape index (κ2) is 32.6. The lowest BCUT2D eigenvalue weighted by Gasteiger charge is -2.18. The number of hydrogen-bond donors (Lipinski definition) is 2. The van der Waals surface area contributed by atoms with Crippen LogP contribution in [0.4, 0.5) is 0 Å². The van der Waals surface area contributed by atoms with Crippen molar-refractivity contribution in [2.24, 2.45) is 5.92 Å². The van der Waals surface area contributed by atoms with Gasteiger partial charge in [0.15, 0.2) is 6.10 Å². The minimum absolute atomic E-state index is 0.218. The quantitative estimate of drug-likeness (QED) is 0.0387. The maximum absolute atomic E-state index is 12.3. The lowest BCUT2D eigenvalue weighted by molar-refractivity contribution is -0.161. The first-order valence-electron chi connectivity index (χ1n) is 19.2. The number of phosphoric ester groups is 1.